The molecule has 0 aliphatic carbocycles. The average molecular weight is 432 g/mol. The number of aromatic nitrogens is 2. The molecule has 1 aromatic carbocycles. The summed E-state index contributed by atoms with van der Waals surface area (Å²) in [5, 5.41) is 0. The summed E-state index contributed by atoms with van der Waals surface area (Å²) < 4.78 is 11.4. The van der Waals surface area contributed by atoms with E-state index in [1.165, 1.54) is 11.7 Å². The molecular formula is C21H28N4O6. The number of nitrogen functional groups attached to an aromatic ring is 1. The third-order valence-electron chi connectivity index (χ3n) is 4.37. The van der Waals surface area contributed by atoms with Crippen molar-refractivity contribution in [1.29, 1.82) is 0 Å². The van der Waals surface area contributed by atoms with Crippen LogP contribution in [0.15, 0.2) is 39.9 Å². The van der Waals surface area contributed by atoms with Gasteiger partial charge in [-0.2, -0.15) is 0 Å². The molecule has 0 saturated carbocycles. The number of ether oxygens (including phenoxy) is 2. The largest absolute Gasteiger partial charge is 0.427 e. The topological polar surface area (TPSA) is 137 Å². The zero-order valence-electron chi connectivity index (χ0n) is 17.9. The fraction of sp³-hybridized carbons (Fsp3) is 0.429. The predicted octanol–water partition coefficient (Wildman–Crippen LogP) is 1.14. The highest BCUT2D eigenvalue weighted by molar-refractivity contribution is 5.97. The Morgan fingerprint density at radius 3 is 2.45 bits per heavy atom. The Morgan fingerprint density at radius 1 is 1.16 bits per heavy atom. The van der Waals surface area contributed by atoms with E-state index in [1.54, 1.807) is 30.3 Å². The molecule has 3 N–H and O–H groups in total. The number of rotatable bonds is 10. The average Bonchev–Trinajstić information content (AvgIpc) is 2.72. The summed E-state index contributed by atoms with van der Waals surface area (Å²) in [5.41, 5.74) is 4.55. The van der Waals surface area contributed by atoms with Crippen LogP contribution in [0.4, 0.5) is 11.5 Å². The zero-order valence-corrected chi connectivity index (χ0v) is 17.9. The van der Waals surface area contributed by atoms with E-state index in [9.17, 15) is 19.2 Å². The van der Waals surface area contributed by atoms with E-state index in [-0.39, 0.29) is 50.0 Å². The molecule has 0 radical (unpaired) electrons. The fourth-order valence-electron chi connectivity index (χ4n) is 2.94. The van der Waals surface area contributed by atoms with Crippen molar-refractivity contribution < 1.29 is 19.1 Å². The maximum atomic E-state index is 12.9. The van der Waals surface area contributed by atoms with Gasteiger partial charge in [0.15, 0.2) is 5.69 Å². The van der Waals surface area contributed by atoms with E-state index < -0.39 is 23.1 Å². The van der Waals surface area contributed by atoms with Crippen molar-refractivity contribution >= 4 is 23.4 Å². The van der Waals surface area contributed by atoms with Gasteiger partial charge in [0.1, 0.15) is 11.6 Å². The Morgan fingerprint density at radius 2 is 1.84 bits per heavy atom. The summed E-state index contributed by atoms with van der Waals surface area (Å²) >= 11 is 0. The number of hydrogen-bond acceptors (Lipinski definition) is 7. The molecule has 0 saturated heterocycles. The normalized spacial score (nSPS) is 10.8. The number of para-hydroxylation sites is 1. The maximum Gasteiger partial charge on any atom is 0.330 e. The minimum Gasteiger partial charge on any atom is -0.427 e. The number of H-pyrrole nitrogens is 1. The highest BCUT2D eigenvalue weighted by Gasteiger charge is 2.25. The number of nitrogens with zero attached hydrogens (tertiary/aromatic N) is 2. The zero-order chi connectivity index (χ0) is 23.0. The molecule has 0 fully saturated rings. The second kappa shape index (κ2) is 11.1. The lowest BCUT2D eigenvalue weighted by Crippen LogP contribution is -2.43. The van der Waals surface area contributed by atoms with Gasteiger partial charge < -0.3 is 20.1 Å². The number of carbonyl (C=O) groups excluding carboxylic acids is 2. The van der Waals surface area contributed by atoms with E-state index in [4.69, 9.17) is 15.2 Å². The van der Waals surface area contributed by atoms with Crippen molar-refractivity contribution in [2.24, 2.45) is 5.92 Å². The lowest BCUT2D eigenvalue weighted by atomic mass is 10.2. The number of hydrogen-bond donors (Lipinski definition) is 2. The molecule has 2 aromatic rings. The number of esters is 1. The fourth-order valence-corrected chi connectivity index (χ4v) is 2.94. The summed E-state index contributed by atoms with van der Waals surface area (Å²) in [4.78, 5) is 53.0. The number of carbonyl (C=O) groups is 2. The summed E-state index contributed by atoms with van der Waals surface area (Å²) in [5.74, 6) is -0.766. The molecule has 31 heavy (non-hydrogen) atoms. The van der Waals surface area contributed by atoms with E-state index >= 15 is 0 Å². The molecule has 168 valence electrons. The molecular weight excluding hydrogens is 404 g/mol. The second-order valence-electron chi connectivity index (χ2n) is 7.32. The van der Waals surface area contributed by atoms with Crippen LogP contribution in [0.2, 0.25) is 0 Å². The number of aromatic amines is 1. The quantitative estimate of drug-likeness (QED) is 0.424. The first kappa shape index (κ1) is 23.9. The molecule has 0 aliphatic heterocycles. The van der Waals surface area contributed by atoms with Crippen LogP contribution in [0.1, 0.15) is 26.7 Å². The van der Waals surface area contributed by atoms with Crippen molar-refractivity contribution in [1.82, 2.24) is 9.55 Å². The van der Waals surface area contributed by atoms with Crippen LogP contribution in [-0.2, 0) is 20.9 Å². The highest BCUT2D eigenvalue weighted by atomic mass is 16.5. The number of methoxy groups -OCH3 is 1. The van der Waals surface area contributed by atoms with Crippen LogP contribution in [0.3, 0.4) is 0 Å². The van der Waals surface area contributed by atoms with Gasteiger partial charge in [-0.15, -0.1) is 0 Å². The van der Waals surface area contributed by atoms with E-state index in [1.807, 2.05) is 13.8 Å². The van der Waals surface area contributed by atoms with Crippen LogP contribution in [0, 0.1) is 5.92 Å². The summed E-state index contributed by atoms with van der Waals surface area (Å²) in [6, 6.07) is 8.49. The van der Waals surface area contributed by atoms with Gasteiger partial charge in [-0.3, -0.25) is 23.9 Å². The molecule has 1 amide bonds. The van der Waals surface area contributed by atoms with E-state index in [0.717, 1.165) is 4.90 Å². The van der Waals surface area contributed by atoms with Gasteiger partial charge in [0.05, 0.1) is 13.0 Å². The summed E-state index contributed by atoms with van der Waals surface area (Å²) in [6.45, 7) is 4.20. The van der Waals surface area contributed by atoms with E-state index in [0.29, 0.717) is 5.75 Å². The molecule has 10 nitrogen and oxygen atoms in total. The first-order chi connectivity index (χ1) is 14.7. The van der Waals surface area contributed by atoms with Crippen molar-refractivity contribution in [3.63, 3.8) is 0 Å². The molecule has 10 heteroatoms. The number of benzene rings is 1. The van der Waals surface area contributed by atoms with E-state index in [2.05, 4.69) is 4.98 Å². The van der Waals surface area contributed by atoms with Gasteiger partial charge in [-0.1, -0.05) is 32.0 Å². The van der Waals surface area contributed by atoms with Gasteiger partial charge in [-0.25, -0.2) is 4.79 Å². The van der Waals surface area contributed by atoms with Gasteiger partial charge >= 0.3 is 11.7 Å². The Labute approximate surface area is 179 Å². The van der Waals surface area contributed by atoms with Gasteiger partial charge in [0, 0.05) is 26.6 Å². The van der Waals surface area contributed by atoms with Crippen LogP contribution >= 0.6 is 0 Å². The second-order valence-corrected chi connectivity index (χ2v) is 7.32. The van der Waals surface area contributed by atoms with Gasteiger partial charge in [0.2, 0.25) is 5.91 Å². The third kappa shape index (κ3) is 6.54. The minimum absolute atomic E-state index is 0.0240. The molecule has 0 atom stereocenters. The lowest BCUT2D eigenvalue weighted by molar-refractivity contribution is -0.136. The Kier molecular flexibility index (Phi) is 8.56. The lowest BCUT2D eigenvalue weighted by Gasteiger charge is -2.24. The number of amides is 1. The Hall–Kier alpha value is -3.40. The molecule has 1 heterocycles. The first-order valence-corrected chi connectivity index (χ1v) is 9.92. The van der Waals surface area contributed by atoms with Crippen LogP contribution in [-0.4, -0.2) is 41.7 Å². The Bertz CT molecular complexity index is 1010. The smallest absolute Gasteiger partial charge is 0.330 e. The molecule has 2 rings (SSSR count). The van der Waals surface area contributed by atoms with Crippen molar-refractivity contribution in [2.45, 2.75) is 33.2 Å². The van der Waals surface area contributed by atoms with Gasteiger partial charge in [-0.05, 0) is 18.1 Å². The van der Waals surface area contributed by atoms with Crippen molar-refractivity contribution in [3.8, 4) is 5.75 Å². The van der Waals surface area contributed by atoms with Crippen molar-refractivity contribution in [2.75, 3.05) is 30.9 Å². The molecule has 0 aliphatic rings. The highest BCUT2D eigenvalue weighted by Crippen LogP contribution is 2.19. The summed E-state index contributed by atoms with van der Waals surface area (Å²) in [7, 11) is 1.45. The third-order valence-corrected chi connectivity index (χ3v) is 4.37. The molecule has 0 spiro atoms. The van der Waals surface area contributed by atoms with Crippen LogP contribution in [0.5, 0.6) is 5.75 Å². The molecule has 0 unspecified atom stereocenters. The molecule has 1 aromatic heterocycles. The monoisotopic (exact) mass is 432 g/mol. The summed E-state index contributed by atoms with van der Waals surface area (Å²) in [6.07, 6.45) is -0.405. The first-order valence-electron chi connectivity index (χ1n) is 9.92. The number of nitrogens with two attached hydrogens (primary N) is 1. The maximum absolute atomic E-state index is 12.9. The predicted molar refractivity (Wildman–Crippen MR) is 116 cm³/mol. The standard InChI is InChI=1S/C21H28N4O6/c1-14(2)13-25-19(22)18(20(28)23-21(25)29)24(11-12-30-3)16(26)9-10-17(27)31-15-7-5-4-6-8-15/h4-8,14H,9-13,22H2,1-3H3,(H,23,28,29). The van der Waals surface area contributed by atoms with Crippen LogP contribution < -0.4 is 26.6 Å². The SMILES string of the molecule is COCCN(C(=O)CCC(=O)Oc1ccccc1)c1c(N)n(CC(C)C)c(=O)[nH]c1=O. The van der Waals surface area contributed by atoms with Crippen molar-refractivity contribution in [3.05, 3.63) is 51.2 Å². The number of anilines is 2. The number of nitrogens with one attached hydrogen (secondary N) is 1. The molecule has 0 bridgehead atoms. The Balaban J connectivity index is 2.24. The van der Waals surface area contributed by atoms with Gasteiger partial charge in [0.25, 0.3) is 5.56 Å². The minimum atomic E-state index is -0.779. The van der Waals surface area contributed by atoms with Crippen LogP contribution in [0.25, 0.3) is 0 Å².